The van der Waals surface area contributed by atoms with Gasteiger partial charge in [0.1, 0.15) is 0 Å². The van der Waals surface area contributed by atoms with Crippen LogP contribution in [0.4, 0.5) is 0 Å². The van der Waals surface area contributed by atoms with Crippen LogP contribution in [0.3, 0.4) is 0 Å². The molecule has 1 aliphatic rings. The van der Waals surface area contributed by atoms with Gasteiger partial charge in [-0.1, -0.05) is 24.3 Å². The van der Waals surface area contributed by atoms with Crippen molar-refractivity contribution in [2.24, 2.45) is 5.92 Å². The first-order valence-corrected chi connectivity index (χ1v) is 6.62. The van der Waals surface area contributed by atoms with E-state index < -0.39 is 0 Å². The van der Waals surface area contributed by atoms with Gasteiger partial charge in [0.05, 0.1) is 12.0 Å². The summed E-state index contributed by atoms with van der Waals surface area (Å²) in [5.41, 5.74) is 2.58. The highest BCUT2D eigenvalue weighted by molar-refractivity contribution is 6.21. The Morgan fingerprint density at radius 1 is 1.44 bits per heavy atom. The zero-order chi connectivity index (χ0) is 13.0. The van der Waals surface area contributed by atoms with Gasteiger partial charge in [-0.2, -0.15) is 0 Å². The molecule has 0 radical (unpaired) electrons. The monoisotopic (exact) mass is 267 g/mol. The molecule has 0 saturated carbocycles. The average Bonchev–Trinajstić information content (AvgIpc) is 2.80. The second-order valence-corrected chi connectivity index (χ2v) is 5.29. The number of halogens is 1. The zero-order valence-electron chi connectivity index (χ0n) is 10.5. The van der Waals surface area contributed by atoms with Gasteiger partial charge in [-0.15, -0.1) is 11.6 Å². The van der Waals surface area contributed by atoms with Crippen molar-refractivity contribution in [2.45, 2.75) is 18.2 Å². The molecule has 2 rings (SSSR count). The Labute approximate surface area is 112 Å². The van der Waals surface area contributed by atoms with E-state index in [0.29, 0.717) is 13.2 Å². The Morgan fingerprint density at radius 3 is 2.61 bits per heavy atom. The summed E-state index contributed by atoms with van der Waals surface area (Å²) in [6.07, 6.45) is 1.67. The summed E-state index contributed by atoms with van der Waals surface area (Å²) < 4.78 is 4.93. The van der Waals surface area contributed by atoms with Crippen molar-refractivity contribution in [3.8, 4) is 0 Å². The predicted octanol–water partition coefficient (Wildman–Crippen LogP) is 1.77. The van der Waals surface area contributed by atoms with Crippen LogP contribution >= 0.6 is 11.6 Å². The lowest BCUT2D eigenvalue weighted by molar-refractivity contribution is -0.124. The lowest BCUT2D eigenvalue weighted by Crippen LogP contribution is -2.36. The van der Waals surface area contributed by atoms with Crippen molar-refractivity contribution in [1.29, 1.82) is 0 Å². The van der Waals surface area contributed by atoms with E-state index in [1.54, 1.807) is 7.11 Å². The third-order valence-corrected chi connectivity index (χ3v) is 3.55. The topological polar surface area (TPSA) is 38.3 Å². The lowest BCUT2D eigenvalue weighted by Gasteiger charge is -2.13. The smallest absolute Gasteiger partial charge is 0.223 e. The Hall–Kier alpha value is -1.06. The van der Waals surface area contributed by atoms with Gasteiger partial charge >= 0.3 is 0 Å². The van der Waals surface area contributed by atoms with Crippen molar-refractivity contribution in [3.63, 3.8) is 0 Å². The molecule has 1 aliphatic carbocycles. The van der Waals surface area contributed by atoms with Crippen molar-refractivity contribution in [1.82, 2.24) is 5.32 Å². The fraction of sp³-hybridized carbons (Fsp3) is 0.500. The predicted molar refractivity (Wildman–Crippen MR) is 71.9 cm³/mol. The number of ether oxygens (including phenoxy) is 1. The van der Waals surface area contributed by atoms with E-state index in [1.165, 1.54) is 11.1 Å². The second kappa shape index (κ2) is 6.21. The molecule has 0 aliphatic heterocycles. The van der Waals surface area contributed by atoms with Crippen LogP contribution in [0.1, 0.15) is 11.1 Å². The number of hydrogen-bond donors (Lipinski definition) is 1. The summed E-state index contributed by atoms with van der Waals surface area (Å²) in [6, 6.07) is 8.23. The average molecular weight is 268 g/mol. The summed E-state index contributed by atoms with van der Waals surface area (Å²) in [5.74, 6) is 0.141. The third kappa shape index (κ3) is 3.24. The maximum Gasteiger partial charge on any atom is 0.223 e. The van der Waals surface area contributed by atoms with E-state index in [4.69, 9.17) is 16.3 Å². The molecule has 98 valence electrons. The van der Waals surface area contributed by atoms with Gasteiger partial charge < -0.3 is 10.1 Å². The lowest BCUT2D eigenvalue weighted by atomic mass is 10.1. The molecule has 1 atom stereocenters. The van der Waals surface area contributed by atoms with Crippen molar-refractivity contribution in [2.75, 3.05) is 20.3 Å². The third-order valence-electron chi connectivity index (χ3n) is 3.27. The number of hydrogen-bond acceptors (Lipinski definition) is 2. The quantitative estimate of drug-likeness (QED) is 0.826. The second-order valence-electron chi connectivity index (χ2n) is 4.67. The number of carbonyl (C=O) groups excluding carboxylic acids is 1. The Morgan fingerprint density at radius 2 is 2.06 bits per heavy atom. The van der Waals surface area contributed by atoms with Crippen LogP contribution in [0.25, 0.3) is 0 Å². The van der Waals surface area contributed by atoms with Gasteiger partial charge in [0, 0.05) is 19.6 Å². The number of carbonyl (C=O) groups is 1. The van der Waals surface area contributed by atoms with E-state index in [0.717, 1.165) is 12.8 Å². The van der Waals surface area contributed by atoms with Gasteiger partial charge in [-0.25, -0.2) is 0 Å². The van der Waals surface area contributed by atoms with Crippen molar-refractivity contribution < 1.29 is 9.53 Å². The van der Waals surface area contributed by atoms with Gasteiger partial charge in [-0.3, -0.25) is 4.79 Å². The molecule has 1 aromatic rings. The number of methoxy groups -OCH3 is 1. The van der Waals surface area contributed by atoms with Crippen LogP contribution in [-0.4, -0.2) is 31.5 Å². The van der Waals surface area contributed by atoms with E-state index in [1.807, 2.05) is 12.1 Å². The van der Waals surface area contributed by atoms with Gasteiger partial charge in [0.2, 0.25) is 5.91 Å². The molecule has 0 saturated heterocycles. The summed E-state index contributed by atoms with van der Waals surface area (Å²) in [7, 11) is 1.60. The SMILES string of the molecule is COCC(Cl)CNC(=O)C1Cc2ccccc2C1. The first-order chi connectivity index (χ1) is 8.70. The summed E-state index contributed by atoms with van der Waals surface area (Å²) in [4.78, 5) is 12.0. The highest BCUT2D eigenvalue weighted by Gasteiger charge is 2.26. The Kier molecular flexibility index (Phi) is 4.61. The highest BCUT2D eigenvalue weighted by Crippen LogP contribution is 2.26. The van der Waals surface area contributed by atoms with E-state index in [2.05, 4.69) is 17.4 Å². The minimum absolute atomic E-state index is 0.0498. The molecule has 0 aromatic heterocycles. The van der Waals surface area contributed by atoms with Crippen LogP contribution < -0.4 is 5.32 Å². The normalized spacial score (nSPS) is 16.3. The molecule has 3 nitrogen and oxygen atoms in total. The maximum atomic E-state index is 12.0. The molecule has 1 aromatic carbocycles. The van der Waals surface area contributed by atoms with Crippen LogP contribution in [0, 0.1) is 5.92 Å². The molecule has 18 heavy (non-hydrogen) atoms. The van der Waals surface area contributed by atoms with Crippen LogP contribution in [-0.2, 0) is 22.4 Å². The molecule has 0 bridgehead atoms. The van der Waals surface area contributed by atoms with E-state index in [9.17, 15) is 4.79 Å². The molecule has 1 N–H and O–H groups in total. The van der Waals surface area contributed by atoms with E-state index in [-0.39, 0.29) is 17.2 Å². The minimum Gasteiger partial charge on any atom is -0.383 e. The maximum absolute atomic E-state index is 12.0. The molecular weight excluding hydrogens is 250 g/mol. The van der Waals surface area contributed by atoms with Crippen LogP contribution in [0.15, 0.2) is 24.3 Å². The minimum atomic E-state index is -0.164. The number of amides is 1. The molecular formula is C14H18ClNO2. The number of benzene rings is 1. The fourth-order valence-electron chi connectivity index (χ4n) is 2.34. The van der Waals surface area contributed by atoms with E-state index >= 15 is 0 Å². The Balaban J connectivity index is 1.82. The molecule has 0 fully saturated rings. The summed E-state index contributed by atoms with van der Waals surface area (Å²) in [6.45, 7) is 0.911. The first kappa shape index (κ1) is 13.4. The van der Waals surface area contributed by atoms with Crippen LogP contribution in [0.2, 0.25) is 0 Å². The van der Waals surface area contributed by atoms with Crippen LogP contribution in [0.5, 0.6) is 0 Å². The number of rotatable bonds is 5. The number of nitrogens with one attached hydrogen (secondary N) is 1. The highest BCUT2D eigenvalue weighted by atomic mass is 35.5. The zero-order valence-corrected chi connectivity index (χ0v) is 11.2. The summed E-state index contributed by atoms with van der Waals surface area (Å²) in [5, 5.41) is 2.73. The first-order valence-electron chi connectivity index (χ1n) is 6.18. The number of alkyl halides is 1. The molecule has 1 unspecified atom stereocenters. The Bertz CT molecular complexity index is 397. The van der Waals surface area contributed by atoms with Gasteiger partial charge in [0.25, 0.3) is 0 Å². The van der Waals surface area contributed by atoms with Crippen molar-refractivity contribution >= 4 is 17.5 Å². The molecule has 4 heteroatoms. The fourth-order valence-corrected chi connectivity index (χ4v) is 2.54. The van der Waals surface area contributed by atoms with Gasteiger partial charge in [0.15, 0.2) is 0 Å². The molecule has 0 heterocycles. The number of fused-ring (bicyclic) bond motifs is 1. The molecule has 1 amide bonds. The largest absolute Gasteiger partial charge is 0.383 e. The van der Waals surface area contributed by atoms with Crippen molar-refractivity contribution in [3.05, 3.63) is 35.4 Å². The molecule has 0 spiro atoms. The standard InChI is InChI=1S/C14H18ClNO2/c1-18-9-13(15)8-16-14(17)12-6-10-4-2-3-5-11(10)7-12/h2-5,12-13H,6-9H2,1H3,(H,16,17). The summed E-state index contributed by atoms with van der Waals surface area (Å²) >= 11 is 5.98. The van der Waals surface area contributed by atoms with Gasteiger partial charge in [-0.05, 0) is 24.0 Å².